The molecule has 1 heterocycles. The Morgan fingerprint density at radius 3 is 2.21 bits per heavy atom. The highest BCUT2D eigenvalue weighted by molar-refractivity contribution is 6.63. The van der Waals surface area contributed by atoms with Gasteiger partial charge in [-0.25, -0.2) is 0 Å². The van der Waals surface area contributed by atoms with Crippen LogP contribution in [-0.4, -0.2) is 23.4 Å². The van der Waals surface area contributed by atoms with Crippen molar-refractivity contribution in [3.05, 3.63) is 35.4 Å². The molecule has 2 unspecified atom stereocenters. The molecule has 0 spiro atoms. The average Bonchev–Trinajstić information content (AvgIpc) is 2.85. The Bertz CT molecular complexity index is 692. The lowest BCUT2D eigenvalue weighted by molar-refractivity contribution is 0.00578. The Morgan fingerprint density at radius 2 is 1.69 bits per heavy atom. The van der Waals surface area contributed by atoms with Gasteiger partial charge in [0.25, 0.3) is 0 Å². The number of phenolic OH excluding ortho intramolecular Hbond substituents is 1. The van der Waals surface area contributed by atoms with Gasteiger partial charge >= 0.3 is 7.12 Å². The number of allylic oxidation sites excluding steroid dienone is 2. The molecule has 0 aliphatic carbocycles. The Morgan fingerprint density at radius 1 is 1.07 bits per heavy atom. The predicted molar refractivity (Wildman–Crippen MR) is 124 cm³/mol. The summed E-state index contributed by atoms with van der Waals surface area (Å²) < 4.78 is 12.6. The first-order valence-corrected chi connectivity index (χ1v) is 11.4. The van der Waals surface area contributed by atoms with E-state index in [9.17, 15) is 5.11 Å². The van der Waals surface area contributed by atoms with E-state index in [0.717, 1.165) is 37.6 Å². The largest absolute Gasteiger partial charge is 0.508 e. The number of hydrogen-bond donors (Lipinski definition) is 1. The highest BCUT2D eigenvalue weighted by Crippen LogP contribution is 2.39. The molecular weight excluding hydrogens is 359 g/mol. The SMILES string of the molecule is CC=CCCC(CC)c1cc(O)c(B2OC(C)(C)C(C)(C)O2)c(C(C)CCC)c1. The van der Waals surface area contributed by atoms with Crippen LogP contribution in [0.1, 0.15) is 110 Å². The van der Waals surface area contributed by atoms with Crippen LogP contribution >= 0.6 is 0 Å². The van der Waals surface area contributed by atoms with Crippen LogP contribution in [0, 0.1) is 0 Å². The molecule has 3 nitrogen and oxygen atoms in total. The molecule has 4 heteroatoms. The third-order valence-corrected chi connectivity index (χ3v) is 6.84. The summed E-state index contributed by atoms with van der Waals surface area (Å²) in [5.41, 5.74) is 2.37. The second-order valence-electron chi connectivity index (χ2n) is 9.57. The lowest BCUT2D eigenvalue weighted by Gasteiger charge is -2.32. The van der Waals surface area contributed by atoms with E-state index >= 15 is 0 Å². The second-order valence-corrected chi connectivity index (χ2v) is 9.57. The standard InChI is InChI=1S/C25H41BO3/c1-9-12-13-15-19(11-3)20-16-21(18(4)14-10-2)23(22(27)17-20)26-28-24(5,6)25(7,8)29-26/h9,12,16-19,27H,10-11,13-15H2,1-8H3. The van der Waals surface area contributed by atoms with E-state index in [1.165, 1.54) is 11.1 Å². The van der Waals surface area contributed by atoms with Crippen molar-refractivity contribution >= 4 is 12.6 Å². The third-order valence-electron chi connectivity index (χ3n) is 6.84. The molecule has 0 amide bonds. The molecular formula is C25H41BO3. The normalized spacial score (nSPS) is 20.3. The van der Waals surface area contributed by atoms with Crippen molar-refractivity contribution in [2.24, 2.45) is 0 Å². The minimum Gasteiger partial charge on any atom is -0.508 e. The van der Waals surface area contributed by atoms with Gasteiger partial charge < -0.3 is 14.4 Å². The minimum absolute atomic E-state index is 0.309. The molecule has 1 aliphatic heterocycles. The van der Waals surface area contributed by atoms with Gasteiger partial charge in [0, 0.05) is 5.46 Å². The van der Waals surface area contributed by atoms with E-state index < -0.39 is 18.3 Å². The van der Waals surface area contributed by atoms with Crippen molar-refractivity contribution in [1.29, 1.82) is 0 Å². The topological polar surface area (TPSA) is 38.7 Å². The smallest absolute Gasteiger partial charge is 0.498 e. The van der Waals surface area contributed by atoms with Gasteiger partial charge in [0.2, 0.25) is 0 Å². The van der Waals surface area contributed by atoms with E-state index in [0.29, 0.717) is 17.6 Å². The number of phenols is 1. The summed E-state index contributed by atoms with van der Waals surface area (Å²) in [5, 5.41) is 11.1. The molecule has 162 valence electrons. The lowest BCUT2D eigenvalue weighted by Crippen LogP contribution is -2.41. The van der Waals surface area contributed by atoms with Gasteiger partial charge in [0.1, 0.15) is 5.75 Å². The summed E-state index contributed by atoms with van der Waals surface area (Å²) in [6.07, 6.45) is 9.74. The second kappa shape index (κ2) is 9.70. The van der Waals surface area contributed by atoms with Gasteiger partial charge in [-0.15, -0.1) is 0 Å². The monoisotopic (exact) mass is 400 g/mol. The highest BCUT2D eigenvalue weighted by atomic mass is 16.7. The van der Waals surface area contributed by atoms with Crippen LogP contribution < -0.4 is 5.46 Å². The summed E-state index contributed by atoms with van der Waals surface area (Å²) in [4.78, 5) is 0. The molecule has 0 radical (unpaired) electrons. The molecule has 1 aromatic rings. The van der Waals surface area contributed by atoms with E-state index in [-0.39, 0.29) is 0 Å². The van der Waals surface area contributed by atoms with Crippen LogP contribution in [-0.2, 0) is 9.31 Å². The average molecular weight is 400 g/mol. The van der Waals surface area contributed by atoms with Crippen molar-refractivity contribution in [2.45, 2.75) is 111 Å². The van der Waals surface area contributed by atoms with Crippen LogP contribution in [0.25, 0.3) is 0 Å². The fourth-order valence-electron chi connectivity index (χ4n) is 4.20. The Kier molecular flexibility index (Phi) is 8.04. The molecule has 0 aromatic heterocycles. The summed E-state index contributed by atoms with van der Waals surface area (Å²) in [7, 11) is -0.536. The molecule has 2 rings (SSSR count). The fourth-order valence-corrected chi connectivity index (χ4v) is 4.20. The zero-order valence-corrected chi connectivity index (χ0v) is 19.8. The van der Waals surface area contributed by atoms with Crippen molar-refractivity contribution in [3.63, 3.8) is 0 Å². The number of rotatable bonds is 9. The molecule has 0 saturated carbocycles. The van der Waals surface area contributed by atoms with Crippen molar-refractivity contribution in [2.75, 3.05) is 0 Å². The van der Waals surface area contributed by atoms with Gasteiger partial charge in [-0.05, 0) is 89.3 Å². The van der Waals surface area contributed by atoms with Gasteiger partial charge in [0.05, 0.1) is 11.2 Å². The summed E-state index contributed by atoms with van der Waals surface area (Å²) in [6.45, 7) is 17.0. The van der Waals surface area contributed by atoms with Crippen LogP contribution in [0.5, 0.6) is 5.75 Å². The maximum atomic E-state index is 11.1. The lowest BCUT2D eigenvalue weighted by atomic mass is 9.70. The first kappa shape index (κ1) is 24.0. The van der Waals surface area contributed by atoms with E-state index in [1.54, 1.807) is 0 Å². The Labute approximate surface area is 179 Å². The predicted octanol–water partition coefficient (Wildman–Crippen LogP) is 6.44. The minimum atomic E-state index is -0.536. The van der Waals surface area contributed by atoms with Crippen LogP contribution in [0.3, 0.4) is 0 Å². The third kappa shape index (κ3) is 5.27. The molecule has 1 aromatic carbocycles. The maximum absolute atomic E-state index is 11.1. The zero-order valence-electron chi connectivity index (χ0n) is 19.8. The zero-order chi connectivity index (χ0) is 21.8. The summed E-state index contributed by atoms with van der Waals surface area (Å²) in [5.74, 6) is 1.09. The van der Waals surface area contributed by atoms with Crippen LogP contribution in [0.15, 0.2) is 24.3 Å². The summed E-state index contributed by atoms with van der Waals surface area (Å²) in [6, 6.07) is 4.26. The van der Waals surface area contributed by atoms with E-state index in [1.807, 2.05) is 6.07 Å². The van der Waals surface area contributed by atoms with Crippen molar-refractivity contribution in [1.82, 2.24) is 0 Å². The van der Waals surface area contributed by atoms with Gasteiger partial charge in [0.15, 0.2) is 0 Å². The maximum Gasteiger partial charge on any atom is 0.498 e. The molecule has 1 fully saturated rings. The van der Waals surface area contributed by atoms with Gasteiger partial charge in [-0.2, -0.15) is 0 Å². The molecule has 2 atom stereocenters. The van der Waals surface area contributed by atoms with E-state index in [4.69, 9.17) is 9.31 Å². The quantitative estimate of drug-likeness (QED) is 0.383. The van der Waals surface area contributed by atoms with Gasteiger partial charge in [-0.1, -0.05) is 45.4 Å². The number of benzene rings is 1. The summed E-state index contributed by atoms with van der Waals surface area (Å²) >= 11 is 0. The van der Waals surface area contributed by atoms with Gasteiger partial charge in [-0.3, -0.25) is 0 Å². The van der Waals surface area contributed by atoms with E-state index in [2.05, 4.69) is 73.6 Å². The van der Waals surface area contributed by atoms with Crippen molar-refractivity contribution in [3.8, 4) is 5.75 Å². The molecule has 1 N–H and O–H groups in total. The number of hydrogen-bond acceptors (Lipinski definition) is 3. The molecule has 29 heavy (non-hydrogen) atoms. The molecule has 0 bridgehead atoms. The van der Waals surface area contributed by atoms with Crippen LogP contribution in [0.4, 0.5) is 0 Å². The van der Waals surface area contributed by atoms with Crippen LogP contribution in [0.2, 0.25) is 0 Å². The molecule has 1 aliphatic rings. The first-order valence-electron chi connectivity index (χ1n) is 11.4. The molecule has 1 saturated heterocycles. The fraction of sp³-hybridized carbons (Fsp3) is 0.680. The number of aromatic hydroxyl groups is 1. The Balaban J connectivity index is 2.48. The first-order chi connectivity index (χ1) is 13.6. The Hall–Kier alpha value is -1.26. The van der Waals surface area contributed by atoms with Crippen molar-refractivity contribution < 1.29 is 14.4 Å². The highest BCUT2D eigenvalue weighted by Gasteiger charge is 2.53.